The van der Waals surface area contributed by atoms with E-state index in [1.165, 1.54) is 12.2 Å². The van der Waals surface area contributed by atoms with Crippen molar-refractivity contribution in [3.63, 3.8) is 0 Å². The molecule has 0 aliphatic carbocycles. The Balaban J connectivity index is 3.78. The Morgan fingerprint density at radius 1 is 0.500 bits per heavy atom. The largest absolute Gasteiger partial charge is 0.377 e. The van der Waals surface area contributed by atoms with Gasteiger partial charge in [0.25, 0.3) is 0 Å². The van der Waals surface area contributed by atoms with Crippen molar-refractivity contribution >= 4 is 0 Å². The zero-order chi connectivity index (χ0) is 25.3. The molecule has 0 heterocycles. The zero-order valence-corrected chi connectivity index (χ0v) is 20.2. The molecule has 4 N–H and O–H groups in total. The lowest BCUT2D eigenvalue weighted by atomic mass is 10.1. The second-order valence-corrected chi connectivity index (χ2v) is 7.90. The Labute approximate surface area is 206 Å². The first-order chi connectivity index (χ1) is 16.5. The summed E-state index contributed by atoms with van der Waals surface area (Å²) >= 11 is 0. The van der Waals surface area contributed by atoms with Crippen LogP contribution in [0.5, 0.6) is 0 Å². The summed E-state index contributed by atoms with van der Waals surface area (Å²) in [5.41, 5.74) is 0. The third kappa shape index (κ3) is 22.5. The van der Waals surface area contributed by atoms with Crippen molar-refractivity contribution in [2.24, 2.45) is 0 Å². The van der Waals surface area contributed by atoms with Crippen LogP contribution in [0, 0.1) is 48.4 Å². The number of aliphatic hydroxyl groups is 4. The van der Waals surface area contributed by atoms with Gasteiger partial charge in [-0.2, -0.15) is 0 Å². The number of unbranched alkanes of at least 4 members (excludes halogenated alkanes) is 10. The maximum atomic E-state index is 9.85. The molecular formula is C30H40O4. The molecule has 0 unspecified atom stereocenters. The van der Waals surface area contributed by atoms with Gasteiger partial charge < -0.3 is 20.4 Å². The molecule has 0 aromatic carbocycles. The normalized spacial score (nSPS) is 14.5. The number of rotatable bonds is 16. The van der Waals surface area contributed by atoms with Crippen molar-refractivity contribution in [3.05, 3.63) is 36.5 Å². The minimum absolute atomic E-state index is 0.724. The van der Waals surface area contributed by atoms with Gasteiger partial charge in [-0.1, -0.05) is 61.5 Å². The van der Waals surface area contributed by atoms with Gasteiger partial charge in [0.2, 0.25) is 0 Å². The van der Waals surface area contributed by atoms with Crippen molar-refractivity contribution in [2.45, 2.75) is 101 Å². The quantitative estimate of drug-likeness (QED) is 0.158. The first kappa shape index (κ1) is 31.3. The molecule has 0 amide bonds. The lowest BCUT2D eigenvalue weighted by Gasteiger charge is -1.98. The topological polar surface area (TPSA) is 80.9 Å². The van der Waals surface area contributed by atoms with E-state index in [2.05, 4.69) is 35.5 Å². The summed E-state index contributed by atoms with van der Waals surface area (Å²) in [6.45, 7) is 0. The van der Waals surface area contributed by atoms with Crippen LogP contribution in [-0.2, 0) is 0 Å². The maximum absolute atomic E-state index is 9.85. The summed E-state index contributed by atoms with van der Waals surface area (Å²) in [5, 5.41) is 38.1. The highest BCUT2D eigenvalue weighted by molar-refractivity contribution is 5.17. The van der Waals surface area contributed by atoms with E-state index in [0.29, 0.717) is 0 Å². The van der Waals surface area contributed by atoms with Crippen LogP contribution < -0.4 is 0 Å². The van der Waals surface area contributed by atoms with E-state index in [1.807, 2.05) is 12.2 Å². The van der Waals surface area contributed by atoms with Gasteiger partial charge >= 0.3 is 0 Å². The standard InChI is InChI=1S/C30H40O4/c1-3-27(31)21-17-13-9-5-7-11-15-19-23-29(33)25-26-30(34)24-20-16-12-8-6-10-14-18-22-28(32)4-2/h1-2,17-18,21-22,25-34H,5-16H2/b21-17+,22-18+,26-25-/t27-,28-,29+,30+/m1/s1. The van der Waals surface area contributed by atoms with Crippen LogP contribution in [0.15, 0.2) is 36.5 Å². The van der Waals surface area contributed by atoms with Gasteiger partial charge in [0, 0.05) is 12.8 Å². The molecule has 0 spiro atoms. The molecular weight excluding hydrogens is 424 g/mol. The highest BCUT2D eigenvalue weighted by atomic mass is 16.3. The van der Waals surface area contributed by atoms with E-state index in [-0.39, 0.29) is 0 Å². The Morgan fingerprint density at radius 3 is 1.26 bits per heavy atom. The van der Waals surface area contributed by atoms with E-state index in [4.69, 9.17) is 12.8 Å². The number of terminal acetylenes is 2. The molecule has 0 fully saturated rings. The third-order valence-electron chi connectivity index (χ3n) is 4.80. The molecule has 0 saturated carbocycles. The minimum atomic E-state index is -0.903. The van der Waals surface area contributed by atoms with Crippen LogP contribution >= 0.6 is 0 Å². The van der Waals surface area contributed by atoms with Gasteiger partial charge in [0.1, 0.15) is 24.4 Å². The zero-order valence-electron chi connectivity index (χ0n) is 20.2. The molecule has 4 atom stereocenters. The van der Waals surface area contributed by atoms with Crippen molar-refractivity contribution in [3.8, 4) is 48.4 Å². The molecule has 0 aromatic rings. The first-order valence-corrected chi connectivity index (χ1v) is 12.1. The van der Waals surface area contributed by atoms with Crippen molar-refractivity contribution < 1.29 is 20.4 Å². The number of aliphatic hydroxyl groups excluding tert-OH is 4. The molecule has 4 nitrogen and oxygen atoms in total. The molecule has 0 aliphatic rings. The van der Waals surface area contributed by atoms with E-state index < -0.39 is 24.4 Å². The minimum Gasteiger partial charge on any atom is -0.377 e. The van der Waals surface area contributed by atoms with Crippen molar-refractivity contribution in [1.82, 2.24) is 0 Å². The molecule has 184 valence electrons. The summed E-state index contributed by atoms with van der Waals surface area (Å²) < 4.78 is 0. The van der Waals surface area contributed by atoms with Crippen LogP contribution in [0.3, 0.4) is 0 Å². The fourth-order valence-corrected chi connectivity index (χ4v) is 2.88. The third-order valence-corrected chi connectivity index (χ3v) is 4.80. The molecule has 0 saturated heterocycles. The van der Waals surface area contributed by atoms with E-state index in [0.717, 1.165) is 77.0 Å². The molecule has 0 aromatic heterocycles. The fourth-order valence-electron chi connectivity index (χ4n) is 2.88. The van der Waals surface area contributed by atoms with Crippen LogP contribution in [0.25, 0.3) is 0 Å². The van der Waals surface area contributed by atoms with Gasteiger partial charge in [0.15, 0.2) is 0 Å². The van der Waals surface area contributed by atoms with Crippen molar-refractivity contribution in [2.75, 3.05) is 0 Å². The van der Waals surface area contributed by atoms with E-state index in [1.54, 1.807) is 12.2 Å². The number of allylic oxidation sites excluding steroid dienone is 2. The van der Waals surface area contributed by atoms with Gasteiger partial charge in [0.05, 0.1) is 0 Å². The predicted octanol–water partition coefficient (Wildman–Crippen LogP) is 4.05. The summed E-state index contributed by atoms with van der Waals surface area (Å²) in [4.78, 5) is 0. The first-order valence-electron chi connectivity index (χ1n) is 12.1. The van der Waals surface area contributed by atoms with E-state index >= 15 is 0 Å². The Morgan fingerprint density at radius 2 is 0.882 bits per heavy atom. The fraction of sp³-hybridized carbons (Fsp3) is 0.533. The number of hydrogen-bond donors (Lipinski definition) is 4. The summed E-state index contributed by atoms with van der Waals surface area (Å²) in [7, 11) is 0. The lowest BCUT2D eigenvalue weighted by molar-refractivity contribution is 0.265. The molecule has 0 rings (SSSR count). The highest BCUT2D eigenvalue weighted by Gasteiger charge is 1.96. The van der Waals surface area contributed by atoms with E-state index in [9.17, 15) is 20.4 Å². The summed E-state index contributed by atoms with van der Waals surface area (Å²) in [5.74, 6) is 15.9. The van der Waals surface area contributed by atoms with Gasteiger partial charge in [-0.15, -0.1) is 24.7 Å². The van der Waals surface area contributed by atoms with Crippen LogP contribution in [-0.4, -0.2) is 44.8 Å². The molecule has 4 heteroatoms. The second kappa shape index (κ2) is 23.5. The molecule has 34 heavy (non-hydrogen) atoms. The maximum Gasteiger partial charge on any atom is 0.133 e. The predicted molar refractivity (Wildman–Crippen MR) is 140 cm³/mol. The Bertz CT molecular complexity index is 733. The highest BCUT2D eigenvalue weighted by Crippen LogP contribution is 2.07. The monoisotopic (exact) mass is 464 g/mol. The SMILES string of the molecule is C#C[C@@H](O)/C=C/CCCCCCC#C[C@H](O)/C=C\[C@@H](O)C#CCCCCCC/C=C/[C@H](O)C#C. The summed E-state index contributed by atoms with van der Waals surface area (Å²) in [6, 6.07) is 0. The van der Waals surface area contributed by atoms with Gasteiger partial charge in [-0.05, 0) is 62.8 Å². The lowest BCUT2D eigenvalue weighted by Crippen LogP contribution is -2.02. The number of hydrogen-bond acceptors (Lipinski definition) is 4. The Hall–Kier alpha value is -2.70. The Kier molecular flexibility index (Phi) is 21.6. The van der Waals surface area contributed by atoms with Crippen LogP contribution in [0.4, 0.5) is 0 Å². The van der Waals surface area contributed by atoms with Crippen molar-refractivity contribution in [1.29, 1.82) is 0 Å². The smallest absolute Gasteiger partial charge is 0.133 e. The average Bonchev–Trinajstić information content (AvgIpc) is 2.84. The van der Waals surface area contributed by atoms with Gasteiger partial charge in [-0.3, -0.25) is 0 Å². The molecule has 0 aliphatic heterocycles. The molecule has 0 bridgehead atoms. The average molecular weight is 465 g/mol. The van der Waals surface area contributed by atoms with Crippen LogP contribution in [0.2, 0.25) is 0 Å². The molecule has 0 radical (unpaired) electrons. The summed E-state index contributed by atoms with van der Waals surface area (Å²) in [6.07, 6.45) is 28.4. The second-order valence-electron chi connectivity index (χ2n) is 7.90. The van der Waals surface area contributed by atoms with Gasteiger partial charge in [-0.25, -0.2) is 0 Å². The van der Waals surface area contributed by atoms with Crippen LogP contribution in [0.1, 0.15) is 77.0 Å².